The summed E-state index contributed by atoms with van der Waals surface area (Å²) in [7, 11) is 0. The second-order valence-electron chi connectivity index (χ2n) is 4.17. The number of halogens is 1. The third-order valence-corrected chi connectivity index (χ3v) is 2.55. The Bertz CT molecular complexity index is 520. The molecule has 0 aliphatic heterocycles. The summed E-state index contributed by atoms with van der Waals surface area (Å²) in [5.41, 5.74) is 5.95. The van der Waals surface area contributed by atoms with Gasteiger partial charge in [0.2, 0.25) is 0 Å². The van der Waals surface area contributed by atoms with Crippen molar-refractivity contribution in [2.45, 2.75) is 20.0 Å². The van der Waals surface area contributed by atoms with E-state index in [2.05, 4.69) is 17.2 Å². The number of benzene rings is 1. The maximum Gasteiger partial charge on any atom is 0.252 e. The Morgan fingerprint density at radius 3 is 2.95 bits per heavy atom. The van der Waals surface area contributed by atoms with Crippen LogP contribution in [0, 0.1) is 17.7 Å². The molecule has 0 saturated heterocycles. The molecule has 1 rings (SSSR count). The number of carbonyl (C=O) groups excluding carboxylic acids is 1. The van der Waals surface area contributed by atoms with Gasteiger partial charge in [-0.05, 0) is 32.0 Å². The molecule has 0 bridgehead atoms. The molecule has 5 heteroatoms. The second kappa shape index (κ2) is 8.31. The number of hydrogen-bond acceptors (Lipinski definition) is 3. The average molecular weight is 278 g/mol. The zero-order chi connectivity index (χ0) is 15.0. The molecule has 4 nitrogen and oxygen atoms in total. The van der Waals surface area contributed by atoms with Crippen LogP contribution in [0.25, 0.3) is 0 Å². The Labute approximate surface area is 118 Å². The highest BCUT2D eigenvalue weighted by atomic mass is 19.1. The largest absolute Gasteiger partial charge is 0.377 e. The van der Waals surface area contributed by atoms with Crippen LogP contribution in [0.15, 0.2) is 18.2 Å². The van der Waals surface area contributed by atoms with Crippen LogP contribution < -0.4 is 11.1 Å². The zero-order valence-electron chi connectivity index (χ0n) is 11.7. The lowest BCUT2D eigenvalue weighted by atomic mass is 10.1. The lowest BCUT2D eigenvalue weighted by molar-refractivity contribution is 0.0695. The topological polar surface area (TPSA) is 64.3 Å². The summed E-state index contributed by atoms with van der Waals surface area (Å²) in [5.74, 6) is 4.57. The van der Waals surface area contributed by atoms with Gasteiger partial charge in [-0.2, -0.15) is 0 Å². The SMILES string of the molecule is CCOC(C)CNC(=O)c1ccc(F)cc1C#CCN. The fourth-order valence-electron chi connectivity index (χ4n) is 1.64. The molecular weight excluding hydrogens is 259 g/mol. The first-order chi connectivity index (χ1) is 9.58. The Morgan fingerprint density at radius 2 is 2.30 bits per heavy atom. The Morgan fingerprint density at radius 1 is 1.55 bits per heavy atom. The van der Waals surface area contributed by atoms with Gasteiger partial charge in [0.15, 0.2) is 0 Å². The normalized spacial score (nSPS) is 11.4. The van der Waals surface area contributed by atoms with Gasteiger partial charge in [-0.25, -0.2) is 4.39 Å². The average Bonchev–Trinajstić information content (AvgIpc) is 2.43. The minimum Gasteiger partial charge on any atom is -0.377 e. The lowest BCUT2D eigenvalue weighted by Gasteiger charge is -2.13. The predicted molar refractivity (Wildman–Crippen MR) is 75.8 cm³/mol. The molecule has 0 radical (unpaired) electrons. The van der Waals surface area contributed by atoms with Gasteiger partial charge in [-0.3, -0.25) is 4.79 Å². The van der Waals surface area contributed by atoms with Gasteiger partial charge < -0.3 is 15.8 Å². The summed E-state index contributed by atoms with van der Waals surface area (Å²) in [6, 6.07) is 3.87. The summed E-state index contributed by atoms with van der Waals surface area (Å²) < 4.78 is 18.5. The molecule has 20 heavy (non-hydrogen) atoms. The summed E-state index contributed by atoms with van der Waals surface area (Å²) in [4.78, 5) is 12.1. The smallest absolute Gasteiger partial charge is 0.252 e. The molecule has 0 heterocycles. The molecule has 0 fully saturated rings. The van der Waals surface area contributed by atoms with Crippen LogP contribution in [0.1, 0.15) is 29.8 Å². The van der Waals surface area contributed by atoms with E-state index in [0.29, 0.717) is 24.3 Å². The van der Waals surface area contributed by atoms with E-state index in [1.54, 1.807) is 0 Å². The van der Waals surface area contributed by atoms with Crippen molar-refractivity contribution in [2.75, 3.05) is 19.7 Å². The molecule has 1 aromatic rings. The van der Waals surface area contributed by atoms with Crippen LogP contribution in [-0.2, 0) is 4.74 Å². The van der Waals surface area contributed by atoms with Crippen molar-refractivity contribution in [3.05, 3.63) is 35.1 Å². The van der Waals surface area contributed by atoms with Crippen LogP contribution >= 0.6 is 0 Å². The summed E-state index contributed by atoms with van der Waals surface area (Å²) in [6.45, 7) is 4.87. The highest BCUT2D eigenvalue weighted by molar-refractivity contribution is 5.96. The Balaban J connectivity index is 2.81. The van der Waals surface area contributed by atoms with E-state index >= 15 is 0 Å². The van der Waals surface area contributed by atoms with Crippen LogP contribution in [0.4, 0.5) is 4.39 Å². The molecule has 3 N–H and O–H groups in total. The Hall–Kier alpha value is -1.90. The standard InChI is InChI=1S/C15H19FN2O2/c1-3-20-11(2)10-18-15(19)14-7-6-13(16)9-12(14)5-4-8-17/h6-7,9,11H,3,8,10,17H2,1-2H3,(H,18,19). The van der Waals surface area contributed by atoms with Crippen LogP contribution in [-0.4, -0.2) is 31.7 Å². The van der Waals surface area contributed by atoms with Crippen LogP contribution in [0.3, 0.4) is 0 Å². The first-order valence-electron chi connectivity index (χ1n) is 6.46. The number of carbonyl (C=O) groups is 1. The minimum absolute atomic E-state index is 0.0806. The van der Waals surface area contributed by atoms with Crippen molar-refractivity contribution in [3.8, 4) is 11.8 Å². The van der Waals surface area contributed by atoms with E-state index in [0.717, 1.165) is 0 Å². The van der Waals surface area contributed by atoms with E-state index in [1.165, 1.54) is 18.2 Å². The van der Waals surface area contributed by atoms with Crippen molar-refractivity contribution in [1.82, 2.24) is 5.32 Å². The molecular formula is C15H19FN2O2. The second-order valence-corrected chi connectivity index (χ2v) is 4.17. The number of hydrogen-bond donors (Lipinski definition) is 2. The number of nitrogens with one attached hydrogen (secondary N) is 1. The van der Waals surface area contributed by atoms with Crippen molar-refractivity contribution in [1.29, 1.82) is 0 Å². The van der Waals surface area contributed by atoms with Crippen molar-refractivity contribution in [3.63, 3.8) is 0 Å². The van der Waals surface area contributed by atoms with E-state index in [1.807, 2.05) is 13.8 Å². The first kappa shape index (κ1) is 16.2. The quantitative estimate of drug-likeness (QED) is 0.798. The molecule has 0 aliphatic carbocycles. The van der Waals surface area contributed by atoms with Gasteiger partial charge >= 0.3 is 0 Å². The number of nitrogens with two attached hydrogens (primary N) is 1. The third-order valence-electron chi connectivity index (χ3n) is 2.55. The van der Waals surface area contributed by atoms with E-state index in [-0.39, 0.29) is 18.6 Å². The molecule has 0 saturated carbocycles. The minimum atomic E-state index is -0.439. The molecule has 1 atom stereocenters. The van der Waals surface area contributed by atoms with Gasteiger partial charge in [0, 0.05) is 18.7 Å². The Kier molecular flexibility index (Phi) is 6.71. The first-order valence-corrected chi connectivity index (χ1v) is 6.46. The zero-order valence-corrected chi connectivity index (χ0v) is 11.7. The van der Waals surface area contributed by atoms with Gasteiger partial charge in [-0.15, -0.1) is 0 Å². The third kappa shape index (κ3) is 5.00. The summed E-state index contributed by atoms with van der Waals surface area (Å²) in [6.07, 6.45) is -0.0806. The highest BCUT2D eigenvalue weighted by Gasteiger charge is 2.12. The number of amides is 1. The number of ether oxygens (including phenoxy) is 1. The molecule has 1 aromatic carbocycles. The van der Waals surface area contributed by atoms with E-state index in [9.17, 15) is 9.18 Å². The van der Waals surface area contributed by atoms with Crippen LogP contribution in [0.5, 0.6) is 0 Å². The maximum absolute atomic E-state index is 13.2. The van der Waals surface area contributed by atoms with Gasteiger partial charge in [0.25, 0.3) is 5.91 Å². The fraction of sp³-hybridized carbons (Fsp3) is 0.400. The lowest BCUT2D eigenvalue weighted by Crippen LogP contribution is -2.32. The maximum atomic E-state index is 13.2. The van der Waals surface area contributed by atoms with E-state index in [4.69, 9.17) is 10.5 Å². The molecule has 108 valence electrons. The molecule has 0 aromatic heterocycles. The van der Waals surface area contributed by atoms with Crippen LogP contribution in [0.2, 0.25) is 0 Å². The van der Waals surface area contributed by atoms with Gasteiger partial charge in [-0.1, -0.05) is 11.8 Å². The molecule has 0 aliphatic rings. The summed E-state index contributed by atoms with van der Waals surface area (Å²) in [5, 5.41) is 2.73. The highest BCUT2D eigenvalue weighted by Crippen LogP contribution is 2.10. The molecule has 1 unspecified atom stereocenters. The van der Waals surface area contributed by atoms with Gasteiger partial charge in [0.05, 0.1) is 18.2 Å². The molecule has 1 amide bonds. The van der Waals surface area contributed by atoms with E-state index < -0.39 is 5.82 Å². The fourth-order valence-corrected chi connectivity index (χ4v) is 1.64. The van der Waals surface area contributed by atoms with Crippen molar-refractivity contribution >= 4 is 5.91 Å². The van der Waals surface area contributed by atoms with Gasteiger partial charge in [0.1, 0.15) is 5.82 Å². The predicted octanol–water partition coefficient (Wildman–Crippen LogP) is 1.29. The monoisotopic (exact) mass is 278 g/mol. The van der Waals surface area contributed by atoms with Crippen molar-refractivity contribution < 1.29 is 13.9 Å². The molecule has 0 spiro atoms. The number of rotatable bonds is 5. The van der Waals surface area contributed by atoms with Crippen molar-refractivity contribution in [2.24, 2.45) is 5.73 Å². The summed E-state index contributed by atoms with van der Waals surface area (Å²) >= 11 is 0.